The van der Waals surface area contributed by atoms with Gasteiger partial charge in [-0.05, 0) is 112 Å². The van der Waals surface area contributed by atoms with E-state index in [1.54, 1.807) is 0 Å². The summed E-state index contributed by atoms with van der Waals surface area (Å²) in [6.45, 7) is 15.5. The Kier molecular flexibility index (Phi) is 5.19. The molecular weight excluding hydrogens is 392 g/mol. The first-order chi connectivity index (χ1) is 13.4. The summed E-state index contributed by atoms with van der Waals surface area (Å²) in [4.78, 5) is 13.3. The topological polar surface area (TPSA) is 35.5 Å². The van der Waals surface area contributed by atoms with Gasteiger partial charge in [0.2, 0.25) is 8.32 Å². The first-order valence-electron chi connectivity index (χ1n) is 11.4. The van der Waals surface area contributed by atoms with Crippen molar-refractivity contribution in [2.45, 2.75) is 90.3 Å². The molecule has 5 atom stereocenters. The third-order valence-electron chi connectivity index (χ3n) is 7.33. The molecule has 0 aliphatic heterocycles. The van der Waals surface area contributed by atoms with Crippen LogP contribution < -0.4 is 4.43 Å². The third kappa shape index (κ3) is 4.02. The molecule has 3 nitrogen and oxygen atoms in total. The minimum atomic E-state index is -1.72. The molecule has 1 aromatic rings. The van der Waals surface area contributed by atoms with Gasteiger partial charge in [0.15, 0.2) is 14.1 Å². The van der Waals surface area contributed by atoms with Gasteiger partial charge in [0, 0.05) is 5.41 Å². The smallest absolute Gasteiger partial charge is 0.242 e. The molecule has 3 aliphatic rings. The number of ketones is 1. The van der Waals surface area contributed by atoms with Crippen LogP contribution in [0, 0.1) is 17.3 Å². The Hall–Kier alpha value is -0.916. The van der Waals surface area contributed by atoms with E-state index in [2.05, 4.69) is 64.4 Å². The van der Waals surface area contributed by atoms with Gasteiger partial charge in [0.05, 0.1) is 0 Å². The van der Waals surface area contributed by atoms with Crippen LogP contribution in [0.3, 0.4) is 0 Å². The number of hydrogen-bond acceptors (Lipinski definition) is 3. The second-order valence-corrected chi connectivity index (χ2v) is 20.7. The molecule has 5 unspecified atom stereocenters. The highest BCUT2D eigenvalue weighted by Gasteiger charge is 2.58. The fourth-order valence-corrected chi connectivity index (χ4v) is 8.16. The lowest BCUT2D eigenvalue weighted by atomic mass is 9.55. The van der Waals surface area contributed by atoms with Crippen molar-refractivity contribution in [2.75, 3.05) is 0 Å². The lowest BCUT2D eigenvalue weighted by Gasteiger charge is -2.48. The number of rotatable bonds is 4. The Labute approximate surface area is 178 Å². The Bertz CT molecular complexity index is 807. The number of Topliss-reactive ketones (excluding diaryl/α,β-unsaturated/α-hetero) is 1. The summed E-state index contributed by atoms with van der Waals surface area (Å²) < 4.78 is 12.6. The Morgan fingerprint density at radius 3 is 2.41 bits per heavy atom. The van der Waals surface area contributed by atoms with E-state index in [9.17, 15) is 4.79 Å². The summed E-state index contributed by atoms with van der Waals surface area (Å²) in [7, 11) is -3.31. The maximum absolute atomic E-state index is 13.3. The van der Waals surface area contributed by atoms with Gasteiger partial charge in [-0.2, -0.15) is 0 Å². The Morgan fingerprint density at radius 2 is 1.76 bits per heavy atom. The van der Waals surface area contributed by atoms with E-state index < -0.39 is 16.6 Å². The molecule has 5 heteroatoms. The highest BCUT2D eigenvalue weighted by Crippen LogP contribution is 2.60. The minimum Gasteiger partial charge on any atom is -0.544 e. The highest BCUT2D eigenvalue weighted by atomic mass is 28.4. The van der Waals surface area contributed by atoms with E-state index in [1.807, 2.05) is 0 Å². The van der Waals surface area contributed by atoms with Crippen LogP contribution in [0.1, 0.15) is 49.7 Å². The maximum atomic E-state index is 13.3. The van der Waals surface area contributed by atoms with Gasteiger partial charge in [0.25, 0.3) is 0 Å². The van der Waals surface area contributed by atoms with Crippen LogP contribution in [0.25, 0.3) is 0 Å². The lowest BCUT2D eigenvalue weighted by Crippen LogP contribution is -2.43. The van der Waals surface area contributed by atoms with Crippen molar-refractivity contribution >= 4 is 22.4 Å². The van der Waals surface area contributed by atoms with E-state index in [0.29, 0.717) is 23.5 Å². The molecule has 0 saturated heterocycles. The SMILES string of the molecule is CC12CCC3c4ccc(O[Si](C)(C)C)cc4CCC3C1CC(O[Si](C)(C)C)C2=O. The molecule has 160 valence electrons. The zero-order valence-corrected chi connectivity index (χ0v) is 21.3. The van der Waals surface area contributed by atoms with Crippen molar-refractivity contribution in [3.8, 4) is 5.75 Å². The van der Waals surface area contributed by atoms with Crippen LogP contribution in [0.2, 0.25) is 39.3 Å². The molecule has 0 bridgehead atoms. The predicted octanol–water partition coefficient (Wildman–Crippen LogP) is 6.16. The maximum Gasteiger partial charge on any atom is 0.242 e. The van der Waals surface area contributed by atoms with E-state index in [4.69, 9.17) is 8.85 Å². The first-order valence-corrected chi connectivity index (χ1v) is 18.2. The molecule has 3 aliphatic carbocycles. The molecule has 0 aromatic heterocycles. The second kappa shape index (κ2) is 7.06. The zero-order valence-electron chi connectivity index (χ0n) is 19.3. The number of hydrogen-bond donors (Lipinski definition) is 0. The third-order valence-corrected chi connectivity index (χ3v) is 9.17. The van der Waals surface area contributed by atoms with Crippen LogP contribution in [0.4, 0.5) is 0 Å². The lowest BCUT2D eigenvalue weighted by molar-refractivity contribution is -0.134. The van der Waals surface area contributed by atoms with Gasteiger partial charge in [0.1, 0.15) is 11.9 Å². The normalized spacial score (nSPS) is 34.4. The quantitative estimate of drug-likeness (QED) is 0.537. The number of fused-ring (bicyclic) bond motifs is 5. The van der Waals surface area contributed by atoms with Gasteiger partial charge < -0.3 is 8.85 Å². The summed E-state index contributed by atoms with van der Waals surface area (Å²) in [5, 5.41) is 0. The van der Waals surface area contributed by atoms with Crippen molar-refractivity contribution in [2.24, 2.45) is 17.3 Å². The number of carbonyl (C=O) groups is 1. The average molecular weight is 431 g/mol. The fourth-order valence-electron chi connectivity index (χ4n) is 6.27. The molecular formula is C24H38O3Si2. The summed E-state index contributed by atoms with van der Waals surface area (Å²) in [6.07, 6.45) is 5.22. The molecule has 0 amide bonds. The Balaban J connectivity index is 1.58. The standard InChI is InChI=1S/C24H38O3Si2/c1-24-13-12-19-18-11-9-17(26-28(2,3)4)14-16(18)8-10-20(19)21(24)15-22(23(24)25)27-29(5,6)7/h9,11,14,19-22H,8,10,12-13,15H2,1-7H3. The molecule has 4 rings (SSSR count). The van der Waals surface area contributed by atoms with Gasteiger partial charge >= 0.3 is 0 Å². The van der Waals surface area contributed by atoms with Crippen molar-refractivity contribution in [1.29, 1.82) is 0 Å². The Morgan fingerprint density at radius 1 is 1.03 bits per heavy atom. The van der Waals surface area contributed by atoms with E-state index in [1.165, 1.54) is 17.5 Å². The second-order valence-electron chi connectivity index (χ2n) is 11.8. The van der Waals surface area contributed by atoms with E-state index in [-0.39, 0.29) is 11.5 Å². The molecule has 0 spiro atoms. The summed E-state index contributed by atoms with van der Waals surface area (Å²) in [5.41, 5.74) is 2.82. The van der Waals surface area contributed by atoms with Crippen LogP contribution in [-0.4, -0.2) is 28.5 Å². The van der Waals surface area contributed by atoms with Crippen molar-refractivity contribution < 1.29 is 13.6 Å². The minimum absolute atomic E-state index is 0.163. The van der Waals surface area contributed by atoms with Crippen LogP contribution in [-0.2, 0) is 15.6 Å². The molecule has 0 radical (unpaired) electrons. The van der Waals surface area contributed by atoms with Gasteiger partial charge in [-0.3, -0.25) is 4.79 Å². The van der Waals surface area contributed by atoms with Crippen molar-refractivity contribution in [3.05, 3.63) is 29.3 Å². The van der Waals surface area contributed by atoms with Crippen molar-refractivity contribution in [3.63, 3.8) is 0 Å². The van der Waals surface area contributed by atoms with Crippen LogP contribution in [0.15, 0.2) is 18.2 Å². The van der Waals surface area contributed by atoms with Crippen molar-refractivity contribution in [1.82, 2.24) is 0 Å². The monoisotopic (exact) mass is 430 g/mol. The van der Waals surface area contributed by atoms with E-state index in [0.717, 1.165) is 31.4 Å². The average Bonchev–Trinajstić information content (AvgIpc) is 2.83. The predicted molar refractivity (Wildman–Crippen MR) is 124 cm³/mol. The molecule has 1 aromatic carbocycles. The molecule has 2 saturated carbocycles. The fraction of sp³-hybridized carbons (Fsp3) is 0.708. The summed E-state index contributed by atoms with van der Waals surface area (Å²) in [6, 6.07) is 6.82. The zero-order chi connectivity index (χ0) is 21.2. The number of carbonyl (C=O) groups excluding carboxylic acids is 1. The van der Waals surface area contributed by atoms with Gasteiger partial charge in [-0.15, -0.1) is 0 Å². The molecule has 0 heterocycles. The molecule has 0 N–H and O–H groups in total. The molecule has 29 heavy (non-hydrogen) atoms. The number of aryl methyl sites for hydroxylation is 1. The first kappa shape index (κ1) is 21.3. The van der Waals surface area contributed by atoms with E-state index >= 15 is 0 Å². The summed E-state index contributed by atoms with van der Waals surface area (Å²) in [5.74, 6) is 3.12. The van der Waals surface area contributed by atoms with Crippen LogP contribution in [0.5, 0.6) is 5.75 Å². The number of benzene rings is 1. The highest BCUT2D eigenvalue weighted by molar-refractivity contribution is 6.70. The molecule has 2 fully saturated rings. The summed E-state index contributed by atoms with van der Waals surface area (Å²) >= 11 is 0. The van der Waals surface area contributed by atoms with Gasteiger partial charge in [-0.25, -0.2) is 0 Å². The van der Waals surface area contributed by atoms with Crippen LogP contribution >= 0.6 is 0 Å². The largest absolute Gasteiger partial charge is 0.544 e. The van der Waals surface area contributed by atoms with Gasteiger partial charge in [-0.1, -0.05) is 13.0 Å².